The summed E-state index contributed by atoms with van der Waals surface area (Å²) in [7, 11) is 0. The van der Waals surface area contributed by atoms with Crippen molar-refractivity contribution in [1.82, 2.24) is 0 Å². The summed E-state index contributed by atoms with van der Waals surface area (Å²) < 4.78 is 0. The molecular weight excluding hydrogens is 264 g/mol. The van der Waals surface area contributed by atoms with E-state index in [4.69, 9.17) is 5.11 Å². The number of carboxylic acids is 2. The molecule has 0 spiro atoms. The first kappa shape index (κ1) is 14.0. The lowest BCUT2D eigenvalue weighted by molar-refractivity contribution is -0.656. The minimum absolute atomic E-state index is 0.0236. The summed E-state index contributed by atoms with van der Waals surface area (Å²) in [6.45, 7) is 0.850. The summed E-state index contributed by atoms with van der Waals surface area (Å²) >= 11 is 0. The standard InChI is InChI=1S/C13H14N2O5/c16-11(9-2-1-5-14-9)15-10-6-7(12(17)18)3-4-8(10)13(19)20/h3-4,6,9,14H,1-2,5H2,(H,15,16)(H,17,18)(H,19,20)/t9-/m0/s1. The minimum Gasteiger partial charge on any atom is -0.545 e. The van der Waals surface area contributed by atoms with E-state index in [2.05, 4.69) is 5.32 Å². The van der Waals surface area contributed by atoms with Gasteiger partial charge >= 0.3 is 5.97 Å². The Labute approximate surface area is 114 Å². The van der Waals surface area contributed by atoms with Gasteiger partial charge in [-0.25, -0.2) is 4.79 Å². The molecule has 1 aliphatic heterocycles. The van der Waals surface area contributed by atoms with Gasteiger partial charge in [-0.2, -0.15) is 0 Å². The molecule has 1 fully saturated rings. The van der Waals surface area contributed by atoms with E-state index in [1.165, 1.54) is 0 Å². The Morgan fingerprint density at radius 1 is 1.35 bits per heavy atom. The summed E-state index contributed by atoms with van der Waals surface area (Å²) in [6, 6.07) is 3.12. The number of nitrogens with one attached hydrogen (secondary N) is 1. The minimum atomic E-state index is -1.43. The van der Waals surface area contributed by atoms with Gasteiger partial charge in [0.25, 0.3) is 5.91 Å². The van der Waals surface area contributed by atoms with Gasteiger partial charge in [0.2, 0.25) is 0 Å². The number of quaternary nitrogens is 1. The average Bonchev–Trinajstić information content (AvgIpc) is 2.92. The number of aromatic carboxylic acids is 2. The molecule has 1 aromatic carbocycles. The quantitative estimate of drug-likeness (QED) is 0.613. The van der Waals surface area contributed by atoms with Crippen molar-refractivity contribution < 1.29 is 29.9 Å². The maximum Gasteiger partial charge on any atom is 0.337 e. The molecule has 0 aromatic heterocycles. The van der Waals surface area contributed by atoms with Crippen LogP contribution in [0.4, 0.5) is 5.69 Å². The fourth-order valence-corrected chi connectivity index (χ4v) is 2.20. The van der Waals surface area contributed by atoms with Crippen LogP contribution in [0.2, 0.25) is 0 Å². The van der Waals surface area contributed by atoms with Gasteiger partial charge in [0.1, 0.15) is 0 Å². The fourth-order valence-electron chi connectivity index (χ4n) is 2.20. The monoisotopic (exact) mass is 278 g/mol. The van der Waals surface area contributed by atoms with Crippen LogP contribution in [0.15, 0.2) is 18.2 Å². The molecule has 106 valence electrons. The van der Waals surface area contributed by atoms with E-state index in [0.29, 0.717) is 6.42 Å². The van der Waals surface area contributed by atoms with E-state index in [-0.39, 0.29) is 28.8 Å². The zero-order chi connectivity index (χ0) is 14.7. The molecule has 20 heavy (non-hydrogen) atoms. The lowest BCUT2D eigenvalue weighted by Crippen LogP contribution is -2.88. The predicted octanol–water partition coefficient (Wildman–Crippen LogP) is -1.59. The van der Waals surface area contributed by atoms with Crippen LogP contribution in [0.5, 0.6) is 0 Å². The molecule has 1 aromatic rings. The van der Waals surface area contributed by atoms with Crippen LogP contribution < -0.4 is 15.7 Å². The Morgan fingerprint density at radius 2 is 2.10 bits per heavy atom. The third kappa shape index (κ3) is 2.94. The van der Waals surface area contributed by atoms with Crippen molar-refractivity contribution in [2.24, 2.45) is 0 Å². The van der Waals surface area contributed by atoms with Crippen LogP contribution in [0.25, 0.3) is 0 Å². The second-order valence-corrected chi connectivity index (χ2v) is 4.62. The predicted molar refractivity (Wildman–Crippen MR) is 66.2 cm³/mol. The Morgan fingerprint density at radius 3 is 2.65 bits per heavy atom. The van der Waals surface area contributed by atoms with Crippen molar-refractivity contribution in [3.05, 3.63) is 29.3 Å². The number of hydrogen-bond acceptors (Lipinski definition) is 4. The van der Waals surface area contributed by atoms with E-state index < -0.39 is 11.9 Å². The summed E-state index contributed by atoms with van der Waals surface area (Å²) in [5.74, 6) is -2.98. The lowest BCUT2D eigenvalue weighted by atomic mass is 10.1. The van der Waals surface area contributed by atoms with Crippen molar-refractivity contribution in [3.63, 3.8) is 0 Å². The van der Waals surface area contributed by atoms with Gasteiger partial charge < -0.3 is 25.6 Å². The number of benzene rings is 1. The SMILES string of the molecule is O=C([O-])c1ccc(C(=O)O)c(NC(=O)[C@@H]2CCC[NH2+]2)c1. The molecule has 7 nitrogen and oxygen atoms in total. The summed E-state index contributed by atoms with van der Waals surface area (Å²) in [5.41, 5.74) is -0.355. The molecule has 0 unspecified atom stereocenters. The highest BCUT2D eigenvalue weighted by Crippen LogP contribution is 2.18. The first-order valence-corrected chi connectivity index (χ1v) is 6.22. The van der Waals surface area contributed by atoms with E-state index in [1.807, 2.05) is 5.32 Å². The molecule has 0 radical (unpaired) electrons. The Kier molecular flexibility index (Phi) is 3.99. The maximum atomic E-state index is 12.0. The van der Waals surface area contributed by atoms with Gasteiger partial charge in [0.15, 0.2) is 6.04 Å². The number of hydrogen-bond donors (Lipinski definition) is 3. The van der Waals surface area contributed by atoms with Crippen LogP contribution in [0, 0.1) is 0 Å². The van der Waals surface area contributed by atoms with Gasteiger partial charge in [0, 0.05) is 12.8 Å². The largest absolute Gasteiger partial charge is 0.545 e. The molecule has 0 bridgehead atoms. The fraction of sp³-hybridized carbons (Fsp3) is 0.308. The number of carboxylic acid groups (broad SMARTS) is 2. The topological polar surface area (TPSA) is 123 Å². The van der Waals surface area contributed by atoms with Gasteiger partial charge in [0.05, 0.1) is 23.8 Å². The highest BCUT2D eigenvalue weighted by Gasteiger charge is 2.27. The van der Waals surface area contributed by atoms with E-state index in [0.717, 1.165) is 31.2 Å². The van der Waals surface area contributed by atoms with Crippen molar-refractivity contribution in [3.8, 4) is 0 Å². The van der Waals surface area contributed by atoms with Gasteiger partial charge in [-0.15, -0.1) is 0 Å². The Balaban J connectivity index is 2.27. The van der Waals surface area contributed by atoms with Crippen LogP contribution in [-0.2, 0) is 4.79 Å². The van der Waals surface area contributed by atoms with Crippen molar-refractivity contribution in [1.29, 1.82) is 0 Å². The van der Waals surface area contributed by atoms with Crippen molar-refractivity contribution >= 4 is 23.5 Å². The molecule has 1 heterocycles. The number of rotatable bonds is 4. The molecule has 1 saturated heterocycles. The van der Waals surface area contributed by atoms with Crippen molar-refractivity contribution in [2.45, 2.75) is 18.9 Å². The maximum absolute atomic E-state index is 12.0. The van der Waals surface area contributed by atoms with E-state index in [9.17, 15) is 19.5 Å². The Bertz CT molecular complexity index is 564. The number of anilines is 1. The summed E-state index contributed by atoms with van der Waals surface area (Å²) in [4.78, 5) is 33.9. The first-order chi connectivity index (χ1) is 9.49. The van der Waals surface area contributed by atoms with E-state index in [1.54, 1.807) is 0 Å². The summed E-state index contributed by atoms with van der Waals surface area (Å²) in [5, 5.41) is 24.2. The number of carbonyl (C=O) groups is 3. The number of carbonyl (C=O) groups excluding carboxylic acids is 2. The normalized spacial score (nSPS) is 17.7. The van der Waals surface area contributed by atoms with Crippen molar-refractivity contribution in [2.75, 3.05) is 11.9 Å². The van der Waals surface area contributed by atoms with E-state index >= 15 is 0 Å². The molecule has 2 rings (SSSR count). The van der Waals surface area contributed by atoms with Gasteiger partial charge in [-0.05, 0) is 17.7 Å². The second kappa shape index (κ2) is 5.70. The highest BCUT2D eigenvalue weighted by molar-refractivity contribution is 6.03. The smallest absolute Gasteiger partial charge is 0.337 e. The highest BCUT2D eigenvalue weighted by atomic mass is 16.4. The molecule has 1 aliphatic rings. The lowest BCUT2D eigenvalue weighted by Gasteiger charge is -2.13. The molecule has 1 amide bonds. The third-order valence-electron chi connectivity index (χ3n) is 3.25. The van der Waals surface area contributed by atoms with Gasteiger partial charge in [-0.1, -0.05) is 6.07 Å². The Hall–Kier alpha value is -2.41. The molecule has 1 atom stereocenters. The first-order valence-electron chi connectivity index (χ1n) is 6.22. The van der Waals surface area contributed by atoms with Gasteiger partial charge in [-0.3, -0.25) is 4.79 Å². The van der Waals surface area contributed by atoms with Crippen LogP contribution in [-0.4, -0.2) is 35.5 Å². The van der Waals surface area contributed by atoms with Crippen LogP contribution >= 0.6 is 0 Å². The zero-order valence-electron chi connectivity index (χ0n) is 10.6. The molecular formula is C13H14N2O5. The number of nitrogens with two attached hydrogens (primary N) is 1. The molecule has 7 heteroatoms. The van der Waals surface area contributed by atoms with Crippen LogP contribution in [0.3, 0.4) is 0 Å². The summed E-state index contributed by atoms with van der Waals surface area (Å²) in [6.07, 6.45) is 1.64. The number of amides is 1. The third-order valence-corrected chi connectivity index (χ3v) is 3.25. The average molecular weight is 278 g/mol. The molecule has 0 aliphatic carbocycles. The molecule has 4 N–H and O–H groups in total. The van der Waals surface area contributed by atoms with Crippen LogP contribution in [0.1, 0.15) is 33.6 Å². The zero-order valence-corrected chi connectivity index (χ0v) is 10.6. The second-order valence-electron chi connectivity index (χ2n) is 4.62. The molecule has 0 saturated carbocycles.